The molecule has 100 valence electrons. The molecule has 0 atom stereocenters. The molecule has 1 aromatic carbocycles. The number of sulfonamides is 1. The molecule has 0 saturated carbocycles. The SMILES string of the molecule is Cc1ccc(C(=O)O)cc1S(=O)(=O)Nc1ncc[nH]1. The minimum Gasteiger partial charge on any atom is -0.478 e. The maximum absolute atomic E-state index is 12.1. The van der Waals surface area contributed by atoms with Gasteiger partial charge in [-0.1, -0.05) is 6.07 Å². The monoisotopic (exact) mass is 281 g/mol. The largest absolute Gasteiger partial charge is 0.478 e. The predicted molar refractivity (Wildman–Crippen MR) is 67.5 cm³/mol. The number of H-pyrrole nitrogens is 1. The van der Waals surface area contributed by atoms with Crippen molar-refractivity contribution in [2.45, 2.75) is 11.8 Å². The zero-order chi connectivity index (χ0) is 14.0. The zero-order valence-electron chi connectivity index (χ0n) is 9.91. The number of aromatic nitrogens is 2. The second kappa shape index (κ2) is 4.73. The third-order valence-corrected chi connectivity index (χ3v) is 3.93. The lowest BCUT2D eigenvalue weighted by Gasteiger charge is -2.09. The van der Waals surface area contributed by atoms with Crippen molar-refractivity contribution in [3.63, 3.8) is 0 Å². The minimum atomic E-state index is -3.88. The Morgan fingerprint density at radius 2 is 2.16 bits per heavy atom. The van der Waals surface area contributed by atoms with Crippen LogP contribution < -0.4 is 4.72 Å². The van der Waals surface area contributed by atoms with Gasteiger partial charge in [-0.3, -0.25) is 0 Å². The molecular formula is C11H11N3O4S. The number of benzene rings is 1. The zero-order valence-corrected chi connectivity index (χ0v) is 10.7. The fourth-order valence-electron chi connectivity index (χ4n) is 1.53. The lowest BCUT2D eigenvalue weighted by molar-refractivity contribution is 0.0696. The predicted octanol–water partition coefficient (Wildman–Crippen LogP) is 1.22. The Bertz CT molecular complexity index is 708. The molecule has 3 N–H and O–H groups in total. The van der Waals surface area contributed by atoms with E-state index in [1.54, 1.807) is 6.92 Å². The fraction of sp³-hybridized carbons (Fsp3) is 0.0909. The number of hydrogen-bond acceptors (Lipinski definition) is 4. The molecule has 0 amide bonds. The van der Waals surface area contributed by atoms with E-state index in [0.29, 0.717) is 5.56 Å². The van der Waals surface area contributed by atoms with Crippen LogP contribution in [-0.2, 0) is 10.0 Å². The fourth-order valence-corrected chi connectivity index (χ4v) is 2.78. The van der Waals surface area contributed by atoms with Crippen LogP contribution in [0.4, 0.5) is 5.95 Å². The molecule has 0 radical (unpaired) electrons. The van der Waals surface area contributed by atoms with Gasteiger partial charge in [-0.15, -0.1) is 0 Å². The van der Waals surface area contributed by atoms with E-state index >= 15 is 0 Å². The van der Waals surface area contributed by atoms with E-state index in [1.807, 2.05) is 0 Å². The number of carbonyl (C=O) groups is 1. The van der Waals surface area contributed by atoms with E-state index in [2.05, 4.69) is 14.7 Å². The normalized spacial score (nSPS) is 11.2. The van der Waals surface area contributed by atoms with Crippen LogP contribution >= 0.6 is 0 Å². The van der Waals surface area contributed by atoms with E-state index in [-0.39, 0.29) is 16.4 Å². The average molecular weight is 281 g/mol. The quantitative estimate of drug-likeness (QED) is 0.780. The Kier molecular flexibility index (Phi) is 3.26. The van der Waals surface area contributed by atoms with Crippen LogP contribution in [0.5, 0.6) is 0 Å². The van der Waals surface area contributed by atoms with Gasteiger partial charge < -0.3 is 10.1 Å². The Labute approximate surface area is 109 Å². The molecule has 2 aromatic rings. The summed E-state index contributed by atoms with van der Waals surface area (Å²) in [5.41, 5.74) is 0.356. The number of anilines is 1. The van der Waals surface area contributed by atoms with Crippen molar-refractivity contribution in [3.05, 3.63) is 41.7 Å². The molecule has 1 aromatic heterocycles. The lowest BCUT2D eigenvalue weighted by atomic mass is 10.1. The molecular weight excluding hydrogens is 270 g/mol. The van der Waals surface area contributed by atoms with E-state index in [1.165, 1.54) is 24.5 Å². The topological polar surface area (TPSA) is 112 Å². The highest BCUT2D eigenvalue weighted by Gasteiger charge is 2.19. The number of nitrogens with zero attached hydrogens (tertiary/aromatic N) is 1. The first-order chi connectivity index (χ1) is 8.90. The molecule has 0 bridgehead atoms. The number of carboxylic acid groups (broad SMARTS) is 1. The summed E-state index contributed by atoms with van der Waals surface area (Å²) in [5.74, 6) is -1.12. The molecule has 0 aliphatic carbocycles. The molecule has 0 aliphatic heterocycles. The summed E-state index contributed by atoms with van der Waals surface area (Å²) in [6.07, 6.45) is 2.87. The number of nitrogens with one attached hydrogen (secondary N) is 2. The molecule has 0 fully saturated rings. The highest BCUT2D eigenvalue weighted by Crippen LogP contribution is 2.19. The van der Waals surface area contributed by atoms with Gasteiger partial charge in [-0.05, 0) is 24.6 Å². The Morgan fingerprint density at radius 1 is 1.42 bits per heavy atom. The number of carboxylic acids is 1. The number of aromatic carboxylic acids is 1. The van der Waals surface area contributed by atoms with Gasteiger partial charge in [0.2, 0.25) is 5.95 Å². The summed E-state index contributed by atoms with van der Waals surface area (Å²) in [5, 5.41) is 8.89. The molecule has 2 rings (SSSR count). The van der Waals surface area contributed by atoms with Gasteiger partial charge in [0.25, 0.3) is 10.0 Å². The van der Waals surface area contributed by atoms with E-state index in [9.17, 15) is 13.2 Å². The summed E-state index contributed by atoms with van der Waals surface area (Å²) in [4.78, 5) is 17.1. The number of aromatic amines is 1. The number of hydrogen-bond donors (Lipinski definition) is 3. The van der Waals surface area contributed by atoms with Crippen molar-refractivity contribution in [2.75, 3.05) is 4.72 Å². The highest BCUT2D eigenvalue weighted by atomic mass is 32.2. The number of imidazole rings is 1. The van der Waals surface area contributed by atoms with Gasteiger partial charge >= 0.3 is 5.97 Å². The summed E-state index contributed by atoms with van der Waals surface area (Å²) >= 11 is 0. The Balaban J connectivity index is 2.45. The van der Waals surface area contributed by atoms with Crippen LogP contribution in [-0.4, -0.2) is 29.5 Å². The second-order valence-corrected chi connectivity index (χ2v) is 5.48. The van der Waals surface area contributed by atoms with E-state index < -0.39 is 16.0 Å². The molecule has 8 heteroatoms. The van der Waals surface area contributed by atoms with Crippen molar-refractivity contribution in [1.82, 2.24) is 9.97 Å². The van der Waals surface area contributed by atoms with Crippen LogP contribution in [0.1, 0.15) is 15.9 Å². The van der Waals surface area contributed by atoms with Gasteiger partial charge in [0.1, 0.15) is 0 Å². The van der Waals surface area contributed by atoms with Crippen molar-refractivity contribution >= 4 is 21.9 Å². The summed E-state index contributed by atoms with van der Waals surface area (Å²) in [6, 6.07) is 3.91. The number of rotatable bonds is 4. The Morgan fingerprint density at radius 3 is 2.74 bits per heavy atom. The minimum absolute atomic E-state index is 0.0696. The maximum Gasteiger partial charge on any atom is 0.335 e. The standard InChI is InChI=1S/C11H11N3O4S/c1-7-2-3-8(10(15)16)6-9(7)19(17,18)14-11-12-4-5-13-11/h2-6H,1H3,(H,15,16)(H2,12,13,14). The molecule has 0 saturated heterocycles. The van der Waals surface area contributed by atoms with E-state index in [0.717, 1.165) is 6.07 Å². The first kappa shape index (κ1) is 13.1. The molecule has 7 nitrogen and oxygen atoms in total. The van der Waals surface area contributed by atoms with E-state index in [4.69, 9.17) is 5.11 Å². The van der Waals surface area contributed by atoms with Crippen molar-refractivity contribution in [2.24, 2.45) is 0 Å². The summed E-state index contributed by atoms with van der Waals surface area (Å²) < 4.78 is 26.5. The van der Waals surface area contributed by atoms with Crippen LogP contribution in [0.25, 0.3) is 0 Å². The van der Waals surface area contributed by atoms with Crippen LogP contribution in [0, 0.1) is 6.92 Å². The lowest BCUT2D eigenvalue weighted by Crippen LogP contribution is -2.16. The van der Waals surface area contributed by atoms with Gasteiger partial charge in [0, 0.05) is 12.4 Å². The molecule has 0 aliphatic rings. The Hall–Kier alpha value is -2.35. The summed E-state index contributed by atoms with van der Waals surface area (Å²) in [7, 11) is -3.88. The smallest absolute Gasteiger partial charge is 0.335 e. The van der Waals surface area contributed by atoms with Gasteiger partial charge in [-0.2, -0.15) is 0 Å². The highest BCUT2D eigenvalue weighted by molar-refractivity contribution is 7.92. The molecule has 0 spiro atoms. The first-order valence-electron chi connectivity index (χ1n) is 5.26. The first-order valence-corrected chi connectivity index (χ1v) is 6.74. The molecule has 19 heavy (non-hydrogen) atoms. The van der Waals surface area contributed by atoms with Crippen LogP contribution in [0.15, 0.2) is 35.5 Å². The van der Waals surface area contributed by atoms with Gasteiger partial charge in [0.15, 0.2) is 0 Å². The van der Waals surface area contributed by atoms with Crippen molar-refractivity contribution in [3.8, 4) is 0 Å². The van der Waals surface area contributed by atoms with Crippen molar-refractivity contribution in [1.29, 1.82) is 0 Å². The van der Waals surface area contributed by atoms with Crippen LogP contribution in [0.3, 0.4) is 0 Å². The van der Waals surface area contributed by atoms with Crippen LogP contribution in [0.2, 0.25) is 0 Å². The number of aryl methyl sites for hydroxylation is 1. The van der Waals surface area contributed by atoms with Gasteiger partial charge in [-0.25, -0.2) is 22.9 Å². The summed E-state index contributed by atoms with van der Waals surface area (Å²) in [6.45, 7) is 1.59. The van der Waals surface area contributed by atoms with Gasteiger partial charge in [0.05, 0.1) is 10.5 Å². The van der Waals surface area contributed by atoms with Crippen molar-refractivity contribution < 1.29 is 18.3 Å². The maximum atomic E-state index is 12.1. The molecule has 1 heterocycles. The molecule has 0 unspecified atom stereocenters. The second-order valence-electron chi connectivity index (χ2n) is 3.83. The third kappa shape index (κ3) is 2.74. The average Bonchev–Trinajstić information content (AvgIpc) is 2.81. The third-order valence-electron chi connectivity index (χ3n) is 2.45.